The summed E-state index contributed by atoms with van der Waals surface area (Å²) in [6.45, 7) is 2.39. The van der Waals surface area contributed by atoms with Gasteiger partial charge in [-0.15, -0.1) is 0 Å². The minimum Gasteiger partial charge on any atom is -0.299 e. The highest BCUT2D eigenvalue weighted by Gasteiger charge is 2.06. The van der Waals surface area contributed by atoms with E-state index < -0.39 is 0 Å². The maximum Gasteiger partial charge on any atom is 0.307 e. The molecule has 0 unspecified atom stereocenters. The number of nitrogens with zero attached hydrogens (tertiary/aromatic N) is 2. The molecule has 15 heavy (non-hydrogen) atoms. The minimum absolute atomic E-state index is 0.0346. The normalized spacial score (nSPS) is 10.5. The van der Waals surface area contributed by atoms with Crippen LogP contribution in [0.5, 0.6) is 0 Å². The third-order valence-corrected chi connectivity index (χ3v) is 3.36. The number of aromatic nitrogens is 2. The molecule has 0 fully saturated rings. The third-order valence-electron chi connectivity index (χ3n) is 2.14. The van der Waals surface area contributed by atoms with Gasteiger partial charge < -0.3 is 0 Å². The van der Waals surface area contributed by atoms with Crippen LogP contribution in [-0.2, 0) is 6.54 Å². The van der Waals surface area contributed by atoms with Crippen LogP contribution in [0.3, 0.4) is 0 Å². The molecule has 2 heterocycles. The zero-order chi connectivity index (χ0) is 10.8. The highest BCUT2D eigenvalue weighted by Crippen LogP contribution is 2.13. The summed E-state index contributed by atoms with van der Waals surface area (Å²) >= 11 is 7.12. The Labute approximate surface area is 96.0 Å². The molecular weight excluding hydrogens is 232 g/mol. The summed E-state index contributed by atoms with van der Waals surface area (Å²) in [5, 5.41) is 2.29. The molecule has 0 aliphatic heterocycles. The first-order chi connectivity index (χ1) is 7.18. The molecule has 78 valence electrons. The summed E-state index contributed by atoms with van der Waals surface area (Å²) in [5.74, 6) is 0. The van der Waals surface area contributed by atoms with Crippen molar-refractivity contribution in [3.63, 3.8) is 0 Å². The molecule has 2 aromatic rings. The second-order valence-corrected chi connectivity index (χ2v) is 4.36. The Morgan fingerprint density at radius 3 is 3.00 bits per heavy atom. The van der Waals surface area contributed by atoms with Crippen LogP contribution in [0.15, 0.2) is 28.5 Å². The third kappa shape index (κ3) is 2.11. The van der Waals surface area contributed by atoms with Crippen molar-refractivity contribution in [1.29, 1.82) is 0 Å². The molecule has 2 aromatic heterocycles. The molecule has 0 aromatic carbocycles. The smallest absolute Gasteiger partial charge is 0.299 e. The predicted molar refractivity (Wildman–Crippen MR) is 61.7 cm³/mol. The van der Waals surface area contributed by atoms with Crippen molar-refractivity contribution in [1.82, 2.24) is 9.55 Å². The van der Waals surface area contributed by atoms with Crippen LogP contribution in [0.25, 0.3) is 0 Å². The molecule has 0 amide bonds. The second-order valence-electron chi connectivity index (χ2n) is 3.18. The largest absolute Gasteiger partial charge is 0.307 e. The monoisotopic (exact) mass is 240 g/mol. The van der Waals surface area contributed by atoms with E-state index in [1.165, 1.54) is 11.3 Å². The van der Waals surface area contributed by atoms with Crippen molar-refractivity contribution in [3.05, 3.63) is 49.8 Å². The lowest BCUT2D eigenvalue weighted by molar-refractivity contribution is 0.752. The van der Waals surface area contributed by atoms with Crippen LogP contribution in [0.1, 0.15) is 11.3 Å². The number of hydrogen-bond acceptors (Lipinski definition) is 3. The van der Waals surface area contributed by atoms with Crippen LogP contribution in [0.4, 0.5) is 0 Å². The molecule has 5 heteroatoms. The molecule has 0 aliphatic rings. The van der Waals surface area contributed by atoms with Crippen molar-refractivity contribution in [2.75, 3.05) is 0 Å². The Hall–Kier alpha value is -1.13. The number of pyridine rings is 1. The van der Waals surface area contributed by atoms with Gasteiger partial charge in [0, 0.05) is 22.8 Å². The van der Waals surface area contributed by atoms with Crippen LogP contribution in [0, 0.1) is 6.92 Å². The highest BCUT2D eigenvalue weighted by molar-refractivity contribution is 7.07. The fourth-order valence-electron chi connectivity index (χ4n) is 1.30. The number of aryl methyl sites for hydroxylation is 1. The topological polar surface area (TPSA) is 34.9 Å². The fourth-order valence-corrected chi connectivity index (χ4v) is 2.22. The number of rotatable bonds is 2. The standard InChI is InChI=1S/C10H9ClN2OS/c1-7-6-15-10(14)13(7)5-8-3-2-4-12-9(8)11/h2-4,6H,5H2,1H3. The minimum atomic E-state index is 0.0346. The number of halogens is 1. The molecule has 0 saturated heterocycles. The van der Waals surface area contributed by atoms with E-state index in [2.05, 4.69) is 4.98 Å². The molecule has 0 spiro atoms. The molecule has 0 bridgehead atoms. The van der Waals surface area contributed by atoms with Gasteiger partial charge in [0.15, 0.2) is 0 Å². The zero-order valence-corrected chi connectivity index (χ0v) is 9.68. The van der Waals surface area contributed by atoms with E-state index >= 15 is 0 Å². The maximum atomic E-state index is 11.5. The lowest BCUT2D eigenvalue weighted by atomic mass is 10.3. The summed E-state index contributed by atoms with van der Waals surface area (Å²) in [5.41, 5.74) is 1.81. The van der Waals surface area contributed by atoms with Gasteiger partial charge >= 0.3 is 4.87 Å². The summed E-state index contributed by atoms with van der Waals surface area (Å²) < 4.78 is 1.69. The highest BCUT2D eigenvalue weighted by atomic mass is 35.5. The van der Waals surface area contributed by atoms with Crippen molar-refractivity contribution in [2.45, 2.75) is 13.5 Å². The lowest BCUT2D eigenvalue weighted by Gasteiger charge is -2.05. The van der Waals surface area contributed by atoms with Gasteiger partial charge in [-0.05, 0) is 13.0 Å². The molecule has 0 N–H and O–H groups in total. The molecule has 2 rings (SSSR count). The fraction of sp³-hybridized carbons (Fsp3) is 0.200. The van der Waals surface area contributed by atoms with Gasteiger partial charge in [-0.25, -0.2) is 4.98 Å². The lowest BCUT2D eigenvalue weighted by Crippen LogP contribution is -2.15. The summed E-state index contributed by atoms with van der Waals surface area (Å²) in [4.78, 5) is 15.5. The first-order valence-corrected chi connectivity index (χ1v) is 5.68. The van der Waals surface area contributed by atoms with Crippen molar-refractivity contribution >= 4 is 22.9 Å². The van der Waals surface area contributed by atoms with E-state index in [1.807, 2.05) is 24.4 Å². The molecule has 0 atom stereocenters. The Balaban J connectivity index is 2.38. The van der Waals surface area contributed by atoms with Gasteiger partial charge in [-0.1, -0.05) is 29.0 Å². The van der Waals surface area contributed by atoms with E-state index in [1.54, 1.807) is 10.8 Å². The Morgan fingerprint density at radius 1 is 1.60 bits per heavy atom. The van der Waals surface area contributed by atoms with Crippen molar-refractivity contribution in [2.24, 2.45) is 0 Å². The van der Waals surface area contributed by atoms with Crippen LogP contribution in [0.2, 0.25) is 5.15 Å². The van der Waals surface area contributed by atoms with E-state index in [0.29, 0.717) is 11.7 Å². The summed E-state index contributed by atoms with van der Waals surface area (Å²) in [7, 11) is 0. The average Bonchev–Trinajstić information content (AvgIpc) is 2.53. The van der Waals surface area contributed by atoms with Crippen molar-refractivity contribution in [3.8, 4) is 0 Å². The molecule has 0 radical (unpaired) electrons. The molecule has 0 saturated carbocycles. The first kappa shape index (κ1) is 10.4. The Bertz CT molecular complexity index is 532. The molecule has 3 nitrogen and oxygen atoms in total. The van der Waals surface area contributed by atoms with Crippen LogP contribution < -0.4 is 4.87 Å². The van der Waals surface area contributed by atoms with Gasteiger partial charge in [0.25, 0.3) is 0 Å². The van der Waals surface area contributed by atoms with Gasteiger partial charge in [-0.3, -0.25) is 9.36 Å². The maximum absolute atomic E-state index is 11.5. The van der Waals surface area contributed by atoms with Crippen molar-refractivity contribution < 1.29 is 0 Å². The van der Waals surface area contributed by atoms with E-state index in [-0.39, 0.29) is 4.87 Å². The van der Waals surface area contributed by atoms with Crippen LogP contribution in [-0.4, -0.2) is 9.55 Å². The average molecular weight is 241 g/mol. The molecule has 0 aliphatic carbocycles. The second kappa shape index (κ2) is 4.16. The molecular formula is C10H9ClN2OS. The van der Waals surface area contributed by atoms with Gasteiger partial charge in [0.1, 0.15) is 5.15 Å². The summed E-state index contributed by atoms with van der Waals surface area (Å²) in [6, 6.07) is 3.69. The van der Waals surface area contributed by atoms with E-state index in [4.69, 9.17) is 11.6 Å². The number of hydrogen-bond donors (Lipinski definition) is 0. The van der Waals surface area contributed by atoms with Gasteiger partial charge in [-0.2, -0.15) is 0 Å². The number of thiazole rings is 1. The summed E-state index contributed by atoms with van der Waals surface area (Å²) in [6.07, 6.45) is 1.63. The SMILES string of the molecule is Cc1csc(=O)n1Cc1cccnc1Cl. The zero-order valence-electron chi connectivity index (χ0n) is 8.11. The van der Waals surface area contributed by atoms with E-state index in [9.17, 15) is 4.79 Å². The van der Waals surface area contributed by atoms with Crippen LogP contribution >= 0.6 is 22.9 Å². The quantitative estimate of drug-likeness (QED) is 0.755. The van der Waals surface area contributed by atoms with E-state index in [0.717, 1.165) is 11.3 Å². The predicted octanol–water partition coefficient (Wildman–Crippen LogP) is 2.31. The van der Waals surface area contributed by atoms with Gasteiger partial charge in [0.2, 0.25) is 0 Å². The van der Waals surface area contributed by atoms with Gasteiger partial charge in [0.05, 0.1) is 6.54 Å². The Morgan fingerprint density at radius 2 is 2.40 bits per heavy atom. The Kier molecular flexibility index (Phi) is 2.88. The first-order valence-electron chi connectivity index (χ1n) is 4.43.